The number of benzene rings is 1. The second-order valence-electron chi connectivity index (χ2n) is 5.51. The van der Waals surface area contributed by atoms with Gasteiger partial charge in [0.25, 0.3) is 0 Å². The van der Waals surface area contributed by atoms with E-state index < -0.39 is 0 Å². The predicted molar refractivity (Wildman–Crippen MR) is 76.8 cm³/mol. The summed E-state index contributed by atoms with van der Waals surface area (Å²) in [6.07, 6.45) is 3.92. The Bertz CT molecular complexity index is 483. The van der Waals surface area contributed by atoms with Gasteiger partial charge in [-0.05, 0) is 44.9 Å². The molecule has 1 N–H and O–H groups in total. The highest BCUT2D eigenvalue weighted by Gasteiger charge is 2.20. The lowest BCUT2D eigenvalue weighted by Crippen LogP contribution is -2.29. The van der Waals surface area contributed by atoms with Crippen LogP contribution in [0.5, 0.6) is 5.75 Å². The molecule has 1 aromatic carbocycles. The average Bonchev–Trinajstić information content (AvgIpc) is 2.28. The van der Waals surface area contributed by atoms with Gasteiger partial charge in [0.15, 0.2) is 5.78 Å². The number of carbonyl (C=O) groups excluding carboxylic acids is 1. The van der Waals surface area contributed by atoms with Crippen LogP contribution in [-0.4, -0.2) is 29.4 Å². The van der Waals surface area contributed by atoms with Crippen LogP contribution in [0.25, 0.3) is 0 Å². The number of Topliss-reactive ketones (excluding diaryl/α,β-unsaturated/α-hetero) is 1. The Kier molecular flexibility index (Phi) is 4.48. The van der Waals surface area contributed by atoms with Gasteiger partial charge in [-0.15, -0.1) is 0 Å². The highest BCUT2D eigenvalue weighted by molar-refractivity contribution is 6.31. The number of aromatic hydroxyl groups is 1. The molecule has 0 aliphatic heterocycles. The molecule has 1 aliphatic rings. The van der Waals surface area contributed by atoms with Gasteiger partial charge in [-0.3, -0.25) is 4.79 Å². The third kappa shape index (κ3) is 3.48. The molecule has 0 amide bonds. The SMILES string of the molecule is CC(=O)c1cc(Cl)cc(CN(C)CC2CCC2)c1O. The first-order valence-electron chi connectivity index (χ1n) is 6.68. The molecule has 3 nitrogen and oxygen atoms in total. The van der Waals surface area contributed by atoms with E-state index in [1.54, 1.807) is 6.07 Å². The minimum Gasteiger partial charge on any atom is -0.507 e. The van der Waals surface area contributed by atoms with Crippen molar-refractivity contribution < 1.29 is 9.90 Å². The summed E-state index contributed by atoms with van der Waals surface area (Å²) in [6.45, 7) is 3.08. The van der Waals surface area contributed by atoms with Crippen LogP contribution in [0, 0.1) is 5.92 Å². The summed E-state index contributed by atoms with van der Waals surface area (Å²) in [4.78, 5) is 13.6. The van der Waals surface area contributed by atoms with Crippen LogP contribution in [0.3, 0.4) is 0 Å². The summed E-state index contributed by atoms with van der Waals surface area (Å²) in [5.41, 5.74) is 1.03. The van der Waals surface area contributed by atoms with E-state index in [-0.39, 0.29) is 11.5 Å². The van der Waals surface area contributed by atoms with Gasteiger partial charge in [-0.25, -0.2) is 0 Å². The lowest BCUT2D eigenvalue weighted by atomic mass is 9.85. The van der Waals surface area contributed by atoms with E-state index in [2.05, 4.69) is 4.90 Å². The highest BCUT2D eigenvalue weighted by atomic mass is 35.5. The molecule has 0 aromatic heterocycles. The number of hydrogen-bond acceptors (Lipinski definition) is 3. The fourth-order valence-corrected chi connectivity index (χ4v) is 2.76. The molecule has 0 spiro atoms. The molecule has 1 fully saturated rings. The second kappa shape index (κ2) is 5.93. The first-order valence-corrected chi connectivity index (χ1v) is 7.06. The lowest BCUT2D eigenvalue weighted by molar-refractivity contribution is 0.101. The Morgan fingerprint density at radius 2 is 2.16 bits per heavy atom. The molecule has 4 heteroatoms. The zero-order valence-electron chi connectivity index (χ0n) is 11.4. The minimum atomic E-state index is -0.164. The summed E-state index contributed by atoms with van der Waals surface area (Å²) in [6, 6.07) is 3.26. The Morgan fingerprint density at radius 3 is 2.68 bits per heavy atom. The van der Waals surface area contributed by atoms with E-state index in [0.29, 0.717) is 17.1 Å². The van der Waals surface area contributed by atoms with E-state index in [1.165, 1.54) is 32.3 Å². The third-order valence-corrected chi connectivity index (χ3v) is 3.99. The Morgan fingerprint density at radius 1 is 1.47 bits per heavy atom. The van der Waals surface area contributed by atoms with Crippen molar-refractivity contribution in [3.63, 3.8) is 0 Å². The maximum atomic E-state index is 11.5. The van der Waals surface area contributed by atoms with Crippen LogP contribution in [0.2, 0.25) is 5.02 Å². The normalized spacial score (nSPS) is 15.6. The van der Waals surface area contributed by atoms with Crippen LogP contribution >= 0.6 is 11.6 Å². The smallest absolute Gasteiger partial charge is 0.163 e. The first-order chi connectivity index (χ1) is 8.97. The van der Waals surface area contributed by atoms with Crippen molar-refractivity contribution in [2.24, 2.45) is 5.92 Å². The van der Waals surface area contributed by atoms with E-state index >= 15 is 0 Å². The number of phenols is 1. The summed E-state index contributed by atoms with van der Waals surface area (Å²) in [7, 11) is 2.03. The molecule has 0 saturated heterocycles. The van der Waals surface area contributed by atoms with Crippen molar-refractivity contribution in [1.29, 1.82) is 0 Å². The minimum absolute atomic E-state index is 0.0670. The number of hydrogen-bond donors (Lipinski definition) is 1. The van der Waals surface area contributed by atoms with Gasteiger partial charge in [0.1, 0.15) is 5.75 Å². The van der Waals surface area contributed by atoms with Gasteiger partial charge >= 0.3 is 0 Å². The molecular weight excluding hydrogens is 262 g/mol. The zero-order chi connectivity index (χ0) is 14.0. The molecule has 1 aromatic rings. The number of rotatable bonds is 5. The molecule has 0 unspecified atom stereocenters. The average molecular weight is 282 g/mol. The van der Waals surface area contributed by atoms with Crippen LogP contribution in [-0.2, 0) is 6.54 Å². The van der Waals surface area contributed by atoms with Gasteiger partial charge in [0.2, 0.25) is 0 Å². The van der Waals surface area contributed by atoms with Gasteiger partial charge in [-0.1, -0.05) is 18.0 Å². The van der Waals surface area contributed by atoms with Crippen LogP contribution in [0.4, 0.5) is 0 Å². The van der Waals surface area contributed by atoms with E-state index in [9.17, 15) is 9.90 Å². The van der Waals surface area contributed by atoms with Crippen molar-refractivity contribution in [3.05, 3.63) is 28.3 Å². The largest absolute Gasteiger partial charge is 0.507 e. The van der Waals surface area contributed by atoms with Crippen molar-refractivity contribution in [1.82, 2.24) is 4.90 Å². The maximum absolute atomic E-state index is 11.5. The van der Waals surface area contributed by atoms with E-state index in [1.807, 2.05) is 7.05 Å². The molecule has 1 aliphatic carbocycles. The summed E-state index contributed by atoms with van der Waals surface area (Å²) in [5, 5.41) is 10.6. The van der Waals surface area contributed by atoms with Crippen LogP contribution in [0.15, 0.2) is 12.1 Å². The lowest BCUT2D eigenvalue weighted by Gasteiger charge is -2.30. The van der Waals surface area contributed by atoms with Crippen LogP contribution in [0.1, 0.15) is 42.1 Å². The van der Waals surface area contributed by atoms with Crippen molar-refractivity contribution in [2.45, 2.75) is 32.7 Å². The van der Waals surface area contributed by atoms with E-state index in [4.69, 9.17) is 11.6 Å². The highest BCUT2D eigenvalue weighted by Crippen LogP contribution is 2.30. The van der Waals surface area contributed by atoms with Gasteiger partial charge in [0, 0.05) is 23.7 Å². The summed E-state index contributed by atoms with van der Waals surface area (Å²) in [5.74, 6) is 0.679. The number of phenolic OH excluding ortho intramolecular Hbond substituents is 1. The fourth-order valence-electron chi connectivity index (χ4n) is 2.52. The van der Waals surface area contributed by atoms with Crippen LogP contribution < -0.4 is 0 Å². The quantitative estimate of drug-likeness (QED) is 0.840. The number of ketones is 1. The molecule has 0 heterocycles. The standard InChI is InChI=1S/C15H20ClNO2/c1-10(18)14-7-13(16)6-12(15(14)19)9-17(2)8-11-4-3-5-11/h6-7,11,19H,3-5,8-9H2,1-2H3. The van der Waals surface area contributed by atoms with Crippen molar-refractivity contribution in [3.8, 4) is 5.75 Å². The molecule has 0 atom stereocenters. The number of nitrogens with zero attached hydrogens (tertiary/aromatic N) is 1. The molecule has 2 rings (SSSR count). The van der Waals surface area contributed by atoms with E-state index in [0.717, 1.165) is 18.0 Å². The molecular formula is C15H20ClNO2. The zero-order valence-corrected chi connectivity index (χ0v) is 12.2. The topological polar surface area (TPSA) is 40.5 Å². The van der Waals surface area contributed by atoms with Crippen molar-refractivity contribution >= 4 is 17.4 Å². The Hall–Kier alpha value is -1.06. The Balaban J connectivity index is 2.12. The molecule has 0 radical (unpaired) electrons. The van der Waals surface area contributed by atoms with Gasteiger partial charge < -0.3 is 10.0 Å². The maximum Gasteiger partial charge on any atom is 0.163 e. The Labute approximate surface area is 119 Å². The number of halogens is 1. The second-order valence-corrected chi connectivity index (χ2v) is 5.95. The third-order valence-electron chi connectivity index (χ3n) is 3.77. The molecule has 104 valence electrons. The van der Waals surface area contributed by atoms with Gasteiger partial charge in [0.05, 0.1) is 5.56 Å². The van der Waals surface area contributed by atoms with Gasteiger partial charge in [-0.2, -0.15) is 0 Å². The fraction of sp³-hybridized carbons (Fsp3) is 0.533. The van der Waals surface area contributed by atoms with Crippen molar-refractivity contribution in [2.75, 3.05) is 13.6 Å². The molecule has 19 heavy (non-hydrogen) atoms. The molecule has 1 saturated carbocycles. The monoisotopic (exact) mass is 281 g/mol. The first kappa shape index (κ1) is 14.4. The summed E-state index contributed by atoms with van der Waals surface area (Å²) >= 11 is 6.01. The predicted octanol–water partition coefficient (Wildman–Crippen LogP) is 3.48. The summed E-state index contributed by atoms with van der Waals surface area (Å²) < 4.78 is 0. The molecule has 0 bridgehead atoms. The number of carbonyl (C=O) groups is 1.